The van der Waals surface area contributed by atoms with Gasteiger partial charge < -0.3 is 25.1 Å². The van der Waals surface area contributed by atoms with Crippen LogP contribution in [0.1, 0.15) is 53.2 Å². The van der Waals surface area contributed by atoms with Crippen LogP contribution < -0.4 is 10.9 Å². The molecule has 4 N–H and O–H groups in total. The van der Waals surface area contributed by atoms with Gasteiger partial charge in [-0.1, -0.05) is 0 Å². The standard InChI is InChI=1S/C29H32N8O3.H3N/c1-2-35-20-31-16-24(35)17-36-26-15-22(29(38)39)3-4-25(26)32-27(36)18-34-12-7-23(8-13-34)37-14-9-28(33-37)40-19-21-5-10-30-11-6-21;/h3-6,9-11,14-16,20,23H,2,7-8,12-13,17-19H2,1H3,(H,38,39);1H3. The van der Waals surface area contributed by atoms with Crippen molar-refractivity contribution in [1.29, 1.82) is 0 Å². The van der Waals surface area contributed by atoms with Gasteiger partial charge >= 0.3 is 5.97 Å². The number of imidazole rings is 2. The number of likely N-dealkylation sites (tertiary alicyclic amines) is 1. The second-order valence-corrected chi connectivity index (χ2v) is 10.1. The molecule has 6 rings (SSSR count). The van der Waals surface area contributed by atoms with Crippen LogP contribution in [0.3, 0.4) is 0 Å². The number of hydrogen-bond acceptors (Lipinski definition) is 8. The molecule has 41 heavy (non-hydrogen) atoms. The lowest BCUT2D eigenvalue weighted by Crippen LogP contribution is -2.35. The number of carboxylic acid groups (broad SMARTS) is 1. The molecule has 0 unspecified atom stereocenters. The van der Waals surface area contributed by atoms with Crippen LogP contribution in [0.25, 0.3) is 11.0 Å². The van der Waals surface area contributed by atoms with Crippen molar-refractivity contribution in [3.8, 4) is 5.88 Å². The van der Waals surface area contributed by atoms with E-state index < -0.39 is 5.97 Å². The fourth-order valence-corrected chi connectivity index (χ4v) is 5.31. The van der Waals surface area contributed by atoms with Gasteiger partial charge in [0, 0.05) is 50.5 Å². The molecule has 1 fully saturated rings. The maximum absolute atomic E-state index is 11.7. The molecule has 0 radical (unpaired) electrons. The Kier molecular flexibility index (Phi) is 8.41. The van der Waals surface area contributed by atoms with Gasteiger partial charge in [0.25, 0.3) is 0 Å². The highest BCUT2D eigenvalue weighted by atomic mass is 16.5. The first-order valence-corrected chi connectivity index (χ1v) is 13.6. The Morgan fingerprint density at radius 3 is 2.63 bits per heavy atom. The van der Waals surface area contributed by atoms with Crippen LogP contribution in [-0.4, -0.2) is 62.9 Å². The first-order valence-electron chi connectivity index (χ1n) is 13.6. The number of pyridine rings is 1. The number of carboxylic acids is 1. The molecule has 1 aromatic carbocycles. The van der Waals surface area contributed by atoms with E-state index in [2.05, 4.69) is 36.0 Å². The Balaban J connectivity index is 0.00000337. The predicted molar refractivity (Wildman–Crippen MR) is 153 cm³/mol. The number of piperidine rings is 1. The van der Waals surface area contributed by atoms with Crippen molar-refractivity contribution in [2.24, 2.45) is 0 Å². The van der Waals surface area contributed by atoms with Crippen molar-refractivity contribution in [2.45, 2.75) is 52.0 Å². The van der Waals surface area contributed by atoms with Gasteiger partial charge in [0.05, 0.1) is 47.7 Å². The van der Waals surface area contributed by atoms with E-state index in [1.165, 1.54) is 0 Å². The molecule has 1 aliphatic rings. The van der Waals surface area contributed by atoms with Crippen LogP contribution >= 0.6 is 0 Å². The minimum absolute atomic E-state index is 0. The quantitative estimate of drug-likeness (QED) is 0.258. The molecule has 1 saturated heterocycles. The molecule has 5 aromatic rings. The third-order valence-electron chi connectivity index (χ3n) is 7.55. The summed E-state index contributed by atoms with van der Waals surface area (Å²) in [4.78, 5) is 27.4. The van der Waals surface area contributed by atoms with E-state index in [1.807, 2.05) is 41.6 Å². The smallest absolute Gasteiger partial charge is 0.335 e. The highest BCUT2D eigenvalue weighted by Gasteiger charge is 2.24. The molecular formula is C29H35N9O3. The summed E-state index contributed by atoms with van der Waals surface area (Å²) in [5.74, 6) is 0.604. The van der Waals surface area contributed by atoms with Crippen LogP contribution in [0.2, 0.25) is 0 Å². The maximum atomic E-state index is 11.7. The number of aryl methyl sites for hydroxylation is 1. The second-order valence-electron chi connectivity index (χ2n) is 10.1. The van der Waals surface area contributed by atoms with Crippen LogP contribution in [0, 0.1) is 0 Å². The third kappa shape index (κ3) is 6.13. The normalized spacial score (nSPS) is 14.3. The molecule has 0 aliphatic carbocycles. The molecule has 1 aliphatic heterocycles. The van der Waals surface area contributed by atoms with E-state index in [0.717, 1.165) is 60.6 Å². The summed E-state index contributed by atoms with van der Waals surface area (Å²) < 4.78 is 12.1. The second kappa shape index (κ2) is 12.3. The van der Waals surface area contributed by atoms with Gasteiger partial charge in [-0.15, -0.1) is 5.10 Å². The van der Waals surface area contributed by atoms with Crippen molar-refractivity contribution in [1.82, 2.24) is 44.9 Å². The Morgan fingerprint density at radius 1 is 1.07 bits per heavy atom. The van der Waals surface area contributed by atoms with E-state index in [1.54, 1.807) is 30.6 Å². The van der Waals surface area contributed by atoms with Crippen molar-refractivity contribution in [3.05, 3.63) is 90.2 Å². The molecule has 12 nitrogen and oxygen atoms in total. The summed E-state index contributed by atoms with van der Waals surface area (Å²) in [6.45, 7) is 6.45. The number of nitrogens with zero attached hydrogens (tertiary/aromatic N) is 8. The Hall–Kier alpha value is -4.55. The first kappa shape index (κ1) is 28.0. The Bertz CT molecular complexity index is 1600. The number of hydrogen-bond donors (Lipinski definition) is 2. The summed E-state index contributed by atoms with van der Waals surface area (Å²) >= 11 is 0. The van der Waals surface area contributed by atoms with Gasteiger partial charge in [-0.25, -0.2) is 14.8 Å². The minimum atomic E-state index is -0.943. The Labute approximate surface area is 237 Å². The van der Waals surface area contributed by atoms with Gasteiger partial charge in [-0.2, -0.15) is 0 Å². The van der Waals surface area contributed by atoms with Gasteiger partial charge in [-0.3, -0.25) is 14.6 Å². The fraction of sp³-hybridized carbons (Fsp3) is 0.345. The van der Waals surface area contributed by atoms with Gasteiger partial charge in [0.15, 0.2) is 0 Å². The van der Waals surface area contributed by atoms with Crippen molar-refractivity contribution in [3.63, 3.8) is 0 Å². The fourth-order valence-electron chi connectivity index (χ4n) is 5.31. The van der Waals surface area contributed by atoms with E-state index in [0.29, 0.717) is 31.6 Å². The maximum Gasteiger partial charge on any atom is 0.335 e. The summed E-state index contributed by atoms with van der Waals surface area (Å²) in [6, 6.07) is 11.2. The largest absolute Gasteiger partial charge is 0.478 e. The summed E-state index contributed by atoms with van der Waals surface area (Å²) in [7, 11) is 0. The van der Waals surface area contributed by atoms with Crippen LogP contribution in [0.15, 0.2) is 67.5 Å². The van der Waals surface area contributed by atoms with E-state index in [-0.39, 0.29) is 11.7 Å². The van der Waals surface area contributed by atoms with E-state index >= 15 is 0 Å². The zero-order chi connectivity index (χ0) is 27.5. The molecule has 4 aromatic heterocycles. The number of aromatic nitrogens is 7. The SMILES string of the molecule is CCn1cncc1Cn1c(CN2CCC(n3ccc(OCc4ccncc4)n3)CC2)nc2ccc(C(=O)O)cc21.N. The third-order valence-corrected chi connectivity index (χ3v) is 7.55. The monoisotopic (exact) mass is 557 g/mol. The number of fused-ring (bicyclic) bond motifs is 1. The molecule has 0 amide bonds. The molecule has 0 spiro atoms. The molecule has 0 atom stereocenters. The van der Waals surface area contributed by atoms with Crippen LogP contribution in [0.4, 0.5) is 0 Å². The predicted octanol–water partition coefficient (Wildman–Crippen LogP) is 4.17. The highest BCUT2D eigenvalue weighted by Crippen LogP contribution is 2.26. The van der Waals surface area contributed by atoms with Crippen LogP contribution in [-0.2, 0) is 26.2 Å². The molecule has 0 bridgehead atoms. The first-order chi connectivity index (χ1) is 19.6. The lowest BCUT2D eigenvalue weighted by molar-refractivity contribution is 0.0697. The van der Waals surface area contributed by atoms with Gasteiger partial charge in [0.2, 0.25) is 5.88 Å². The summed E-state index contributed by atoms with van der Waals surface area (Å²) in [5.41, 5.74) is 4.00. The molecule has 0 saturated carbocycles. The zero-order valence-corrected chi connectivity index (χ0v) is 23.1. The van der Waals surface area contributed by atoms with Crippen molar-refractivity contribution in [2.75, 3.05) is 13.1 Å². The highest BCUT2D eigenvalue weighted by molar-refractivity contribution is 5.92. The van der Waals surface area contributed by atoms with Gasteiger partial charge in [-0.05, 0) is 55.7 Å². The number of carbonyl (C=O) groups is 1. The summed E-state index contributed by atoms with van der Waals surface area (Å²) in [5, 5.41) is 14.2. The Morgan fingerprint density at radius 2 is 1.88 bits per heavy atom. The lowest BCUT2D eigenvalue weighted by Gasteiger charge is -2.31. The molecule has 12 heteroatoms. The van der Waals surface area contributed by atoms with E-state index in [9.17, 15) is 9.90 Å². The average molecular weight is 558 g/mol. The van der Waals surface area contributed by atoms with Crippen LogP contribution in [0.5, 0.6) is 5.88 Å². The van der Waals surface area contributed by atoms with Crippen molar-refractivity contribution < 1.29 is 14.6 Å². The number of benzene rings is 1. The summed E-state index contributed by atoms with van der Waals surface area (Å²) in [6.07, 6.45) is 11.1. The number of aromatic carboxylic acids is 1. The zero-order valence-electron chi connectivity index (χ0n) is 23.1. The van der Waals surface area contributed by atoms with Gasteiger partial charge in [0.1, 0.15) is 12.4 Å². The molecular weight excluding hydrogens is 522 g/mol. The number of rotatable bonds is 10. The lowest BCUT2D eigenvalue weighted by atomic mass is 10.1. The van der Waals surface area contributed by atoms with E-state index in [4.69, 9.17) is 9.72 Å². The topological polar surface area (TPSA) is 151 Å². The van der Waals surface area contributed by atoms with Crippen molar-refractivity contribution >= 4 is 17.0 Å². The average Bonchev–Trinajstić information content (AvgIpc) is 3.72. The molecule has 5 heterocycles. The molecule has 214 valence electrons. The number of ether oxygens (including phenoxy) is 1. The minimum Gasteiger partial charge on any atom is -0.478 e.